The number of anilines is 2. The molecule has 0 aliphatic heterocycles. The minimum absolute atomic E-state index is 0.0145. The molecule has 0 atom stereocenters. The van der Waals surface area contributed by atoms with Crippen LogP contribution in [0.25, 0.3) is 11.3 Å². The van der Waals surface area contributed by atoms with Crippen molar-refractivity contribution in [1.82, 2.24) is 9.97 Å². The van der Waals surface area contributed by atoms with Crippen LogP contribution in [-0.4, -0.2) is 39.7 Å². The maximum absolute atomic E-state index is 11.9. The predicted octanol–water partition coefficient (Wildman–Crippen LogP) is 1.22. The molecular weight excluding hydrogens is 308 g/mol. The minimum Gasteiger partial charge on any atom is -0.506 e. The molecule has 126 valence electrons. The molecule has 1 heterocycles. The van der Waals surface area contributed by atoms with Gasteiger partial charge in [0.05, 0.1) is 11.4 Å². The molecule has 0 saturated carbocycles. The average molecular weight is 328 g/mol. The predicted molar refractivity (Wildman–Crippen MR) is 90.8 cm³/mol. The van der Waals surface area contributed by atoms with Crippen molar-refractivity contribution in [2.45, 2.75) is 25.7 Å². The number of benzene rings is 1. The lowest BCUT2D eigenvalue weighted by Gasteiger charge is -2.36. The van der Waals surface area contributed by atoms with Crippen molar-refractivity contribution < 1.29 is 15.0 Å². The summed E-state index contributed by atoms with van der Waals surface area (Å²) in [5.74, 6) is -0.0751. The number of phenols is 1. The topological polar surface area (TPSA) is 113 Å². The summed E-state index contributed by atoms with van der Waals surface area (Å²) in [5, 5.41) is 19.5. The zero-order chi connectivity index (χ0) is 17.6. The lowest BCUT2D eigenvalue weighted by Crippen LogP contribution is -2.33. The monoisotopic (exact) mass is 328 g/mol. The summed E-state index contributed by atoms with van der Waals surface area (Å²) in [5.41, 5.74) is 9.29. The first-order valence-electron chi connectivity index (χ1n) is 7.61. The number of aliphatic hydroxyl groups excluding tert-OH is 1. The maximum atomic E-state index is 11.9. The first-order chi connectivity index (χ1) is 11.3. The van der Waals surface area contributed by atoms with Gasteiger partial charge in [-0.05, 0) is 29.5 Å². The Morgan fingerprint density at radius 1 is 1.38 bits per heavy atom. The summed E-state index contributed by atoms with van der Waals surface area (Å²) in [6.45, 7) is 3.42. The molecule has 0 radical (unpaired) electrons. The van der Waals surface area contributed by atoms with Crippen molar-refractivity contribution in [2.24, 2.45) is 0 Å². The van der Waals surface area contributed by atoms with Crippen molar-refractivity contribution >= 4 is 17.4 Å². The summed E-state index contributed by atoms with van der Waals surface area (Å²) in [4.78, 5) is 21.7. The van der Waals surface area contributed by atoms with Crippen LogP contribution in [-0.2, 0) is 16.6 Å². The number of hydrogen-bond donors (Lipinski definition) is 3. The molecule has 0 saturated heterocycles. The molecule has 1 aliphatic carbocycles. The Bertz CT molecular complexity index is 833. The molecular formula is C17H20N4O3. The van der Waals surface area contributed by atoms with Crippen LogP contribution >= 0.6 is 0 Å². The van der Waals surface area contributed by atoms with Gasteiger partial charge in [-0.1, -0.05) is 13.8 Å². The Morgan fingerprint density at radius 2 is 2.08 bits per heavy atom. The third kappa shape index (κ3) is 2.28. The van der Waals surface area contributed by atoms with Crippen LogP contribution in [0.15, 0.2) is 18.5 Å². The standard InChI is InChI=1S/C17H20N4O3/c1-17(2)6-10-9(14-13(17)16(18)20-8-19-14)4-5-11(23)15(10)21(3)12(24)7-22/h4-5,8,22-23H,6-7H2,1-3H3,(H2,18,19,20). The highest BCUT2D eigenvalue weighted by Crippen LogP contribution is 2.48. The van der Waals surface area contributed by atoms with Gasteiger partial charge in [0.2, 0.25) is 0 Å². The Kier molecular flexibility index (Phi) is 3.68. The Morgan fingerprint density at radius 3 is 2.75 bits per heavy atom. The molecule has 1 aromatic heterocycles. The zero-order valence-electron chi connectivity index (χ0n) is 13.9. The van der Waals surface area contributed by atoms with Crippen LogP contribution in [0.4, 0.5) is 11.5 Å². The molecule has 4 N–H and O–H groups in total. The number of fused-ring (bicyclic) bond motifs is 3. The normalized spacial score (nSPS) is 14.7. The number of nitrogens with zero attached hydrogens (tertiary/aromatic N) is 3. The van der Waals surface area contributed by atoms with Crippen molar-refractivity contribution in [3.63, 3.8) is 0 Å². The van der Waals surface area contributed by atoms with Crippen LogP contribution < -0.4 is 10.6 Å². The quantitative estimate of drug-likeness (QED) is 0.764. The number of likely N-dealkylation sites (N-methyl/N-ethyl adjacent to an activating group) is 1. The van der Waals surface area contributed by atoms with Gasteiger partial charge in [-0.3, -0.25) is 4.79 Å². The number of carbonyl (C=O) groups is 1. The average Bonchev–Trinajstić information content (AvgIpc) is 2.52. The first kappa shape index (κ1) is 16.2. The lowest BCUT2D eigenvalue weighted by atomic mass is 9.71. The highest BCUT2D eigenvalue weighted by atomic mass is 16.3. The van der Waals surface area contributed by atoms with Crippen LogP contribution in [0, 0.1) is 0 Å². The Hall–Kier alpha value is -2.67. The third-order valence-corrected chi connectivity index (χ3v) is 4.53. The van der Waals surface area contributed by atoms with E-state index in [9.17, 15) is 9.90 Å². The van der Waals surface area contributed by atoms with E-state index in [-0.39, 0.29) is 11.2 Å². The summed E-state index contributed by atoms with van der Waals surface area (Å²) >= 11 is 0. The number of aromatic nitrogens is 2. The van der Waals surface area contributed by atoms with Gasteiger partial charge in [-0.25, -0.2) is 9.97 Å². The van der Waals surface area contributed by atoms with E-state index in [4.69, 9.17) is 10.8 Å². The SMILES string of the molecule is CN(C(=O)CO)c1c(O)ccc2c1CC(C)(C)c1c(N)ncnc1-2. The number of aromatic hydroxyl groups is 1. The van der Waals surface area contributed by atoms with Crippen molar-refractivity contribution in [3.8, 4) is 17.0 Å². The zero-order valence-corrected chi connectivity index (χ0v) is 13.9. The number of nitrogen functional groups attached to an aromatic ring is 1. The van der Waals surface area contributed by atoms with Crippen LogP contribution in [0.1, 0.15) is 25.0 Å². The van der Waals surface area contributed by atoms with Crippen molar-refractivity contribution in [1.29, 1.82) is 0 Å². The van der Waals surface area contributed by atoms with Crippen molar-refractivity contribution in [3.05, 3.63) is 29.6 Å². The van der Waals surface area contributed by atoms with Gasteiger partial charge in [-0.2, -0.15) is 0 Å². The molecule has 0 spiro atoms. The number of amides is 1. The number of rotatable bonds is 2. The molecule has 1 aliphatic rings. The molecule has 3 rings (SSSR count). The van der Waals surface area contributed by atoms with E-state index in [2.05, 4.69) is 9.97 Å². The highest BCUT2D eigenvalue weighted by molar-refractivity contribution is 5.98. The summed E-state index contributed by atoms with van der Waals surface area (Å²) < 4.78 is 0. The van der Waals surface area contributed by atoms with Gasteiger partial charge in [0.1, 0.15) is 24.5 Å². The van der Waals surface area contributed by atoms with Gasteiger partial charge >= 0.3 is 0 Å². The Labute approximate surface area is 139 Å². The largest absolute Gasteiger partial charge is 0.506 e. The van der Waals surface area contributed by atoms with Crippen LogP contribution in [0.2, 0.25) is 0 Å². The second kappa shape index (κ2) is 5.45. The van der Waals surface area contributed by atoms with Crippen LogP contribution in [0.3, 0.4) is 0 Å². The molecule has 7 heteroatoms. The van der Waals surface area contributed by atoms with E-state index >= 15 is 0 Å². The summed E-state index contributed by atoms with van der Waals surface area (Å²) in [7, 11) is 1.53. The van der Waals surface area contributed by atoms with E-state index < -0.39 is 12.5 Å². The number of aliphatic hydroxyl groups is 1. The molecule has 24 heavy (non-hydrogen) atoms. The molecule has 1 amide bonds. The van der Waals surface area contributed by atoms with E-state index in [1.165, 1.54) is 24.3 Å². The van der Waals surface area contributed by atoms with Crippen LogP contribution in [0.5, 0.6) is 5.75 Å². The molecule has 0 fully saturated rings. The van der Waals surface area contributed by atoms with Gasteiger partial charge in [0.25, 0.3) is 5.91 Å². The summed E-state index contributed by atoms with van der Waals surface area (Å²) in [6.07, 6.45) is 1.97. The van der Waals surface area contributed by atoms with Gasteiger partial charge in [0, 0.05) is 18.2 Å². The van der Waals surface area contributed by atoms with Gasteiger partial charge < -0.3 is 20.8 Å². The van der Waals surface area contributed by atoms with E-state index in [0.717, 1.165) is 16.7 Å². The fraction of sp³-hybridized carbons (Fsp3) is 0.353. The molecule has 1 aromatic carbocycles. The minimum atomic E-state index is -0.630. The molecule has 7 nitrogen and oxygen atoms in total. The van der Waals surface area contributed by atoms with Crippen molar-refractivity contribution in [2.75, 3.05) is 24.3 Å². The highest BCUT2D eigenvalue weighted by Gasteiger charge is 2.37. The molecule has 0 bridgehead atoms. The fourth-order valence-electron chi connectivity index (χ4n) is 3.43. The van der Waals surface area contributed by atoms with E-state index in [1.807, 2.05) is 13.8 Å². The van der Waals surface area contributed by atoms with Gasteiger partial charge in [0.15, 0.2) is 0 Å². The number of carbonyl (C=O) groups excluding carboxylic acids is 1. The molecule has 0 unspecified atom stereocenters. The first-order valence-corrected chi connectivity index (χ1v) is 7.61. The van der Waals surface area contributed by atoms with Gasteiger partial charge in [-0.15, -0.1) is 0 Å². The summed E-state index contributed by atoms with van der Waals surface area (Å²) in [6, 6.07) is 3.29. The lowest BCUT2D eigenvalue weighted by molar-refractivity contribution is -0.121. The fourth-order valence-corrected chi connectivity index (χ4v) is 3.43. The number of nitrogens with two attached hydrogens (primary N) is 1. The van der Waals surface area contributed by atoms with E-state index in [0.29, 0.717) is 23.6 Å². The smallest absolute Gasteiger partial charge is 0.252 e. The maximum Gasteiger partial charge on any atom is 0.252 e. The van der Waals surface area contributed by atoms with E-state index in [1.54, 1.807) is 6.07 Å². The number of phenolic OH excluding ortho intramolecular Hbond substituents is 1. The molecule has 2 aromatic rings. The number of hydrogen-bond acceptors (Lipinski definition) is 6. The second-order valence-corrected chi connectivity index (χ2v) is 6.61. The second-order valence-electron chi connectivity index (χ2n) is 6.61. The third-order valence-electron chi connectivity index (χ3n) is 4.53. The Balaban J connectivity index is 2.31.